The van der Waals surface area contributed by atoms with Gasteiger partial charge in [-0.15, -0.1) is 11.3 Å². The van der Waals surface area contributed by atoms with E-state index in [1.165, 1.54) is 16.0 Å². The molecule has 0 atom stereocenters. The second-order valence-electron chi connectivity index (χ2n) is 3.36. The molecule has 2 aromatic rings. The highest BCUT2D eigenvalue weighted by atomic mass is 32.1. The fourth-order valence-electron chi connectivity index (χ4n) is 1.30. The van der Waals surface area contributed by atoms with Crippen molar-refractivity contribution in [1.82, 2.24) is 9.78 Å². The number of hydrogen-bond donors (Lipinski definition) is 2. The zero-order valence-corrected chi connectivity index (χ0v) is 9.82. The van der Waals surface area contributed by atoms with E-state index in [0.717, 1.165) is 0 Å². The van der Waals surface area contributed by atoms with Gasteiger partial charge in [0, 0.05) is 13.2 Å². The van der Waals surface area contributed by atoms with E-state index < -0.39 is 5.91 Å². The molecule has 0 aromatic carbocycles. The van der Waals surface area contributed by atoms with E-state index in [-0.39, 0.29) is 11.6 Å². The normalized spacial score (nSPS) is 10.2. The number of thiophene rings is 1. The lowest BCUT2D eigenvalue weighted by atomic mass is 10.3. The summed E-state index contributed by atoms with van der Waals surface area (Å²) in [6.45, 7) is 0. The molecular formula is C10H10N4O2S. The first-order valence-corrected chi connectivity index (χ1v) is 5.64. The minimum absolute atomic E-state index is 0.288. The van der Waals surface area contributed by atoms with Crippen LogP contribution in [-0.2, 0) is 7.05 Å². The zero-order chi connectivity index (χ0) is 12.4. The van der Waals surface area contributed by atoms with Crippen molar-refractivity contribution in [3.8, 4) is 0 Å². The Morgan fingerprint density at radius 2 is 2.24 bits per heavy atom. The van der Waals surface area contributed by atoms with Crippen LogP contribution in [-0.4, -0.2) is 21.6 Å². The first kappa shape index (κ1) is 11.3. The number of nitrogens with zero attached hydrogens (tertiary/aromatic N) is 2. The standard InChI is InChI=1S/C10H10N4O2S/c1-14-4-2-7(13-14)9(16)12-10-6(8(11)15)3-5-17-10/h2-5H,1H3,(H2,11,15)(H,12,16). The van der Waals surface area contributed by atoms with Crippen molar-refractivity contribution in [2.45, 2.75) is 0 Å². The molecule has 0 spiro atoms. The second kappa shape index (κ2) is 4.38. The Morgan fingerprint density at radius 3 is 2.82 bits per heavy atom. The van der Waals surface area contributed by atoms with Gasteiger partial charge in [-0.1, -0.05) is 0 Å². The van der Waals surface area contributed by atoms with E-state index in [1.54, 1.807) is 30.8 Å². The first-order chi connectivity index (χ1) is 8.08. The lowest BCUT2D eigenvalue weighted by molar-refractivity contribution is 0.100. The van der Waals surface area contributed by atoms with Gasteiger partial charge >= 0.3 is 0 Å². The summed E-state index contributed by atoms with van der Waals surface area (Å²) in [5.41, 5.74) is 5.77. The van der Waals surface area contributed by atoms with Crippen molar-refractivity contribution in [2.75, 3.05) is 5.32 Å². The second-order valence-corrected chi connectivity index (χ2v) is 4.27. The molecule has 17 heavy (non-hydrogen) atoms. The summed E-state index contributed by atoms with van der Waals surface area (Å²) in [7, 11) is 1.72. The molecule has 0 aliphatic carbocycles. The molecule has 0 saturated carbocycles. The van der Waals surface area contributed by atoms with Gasteiger partial charge in [-0.2, -0.15) is 5.10 Å². The van der Waals surface area contributed by atoms with Gasteiger partial charge < -0.3 is 11.1 Å². The van der Waals surface area contributed by atoms with Crippen LogP contribution >= 0.6 is 11.3 Å². The van der Waals surface area contributed by atoms with E-state index in [9.17, 15) is 9.59 Å². The largest absolute Gasteiger partial charge is 0.366 e. The number of aromatic nitrogens is 2. The summed E-state index contributed by atoms with van der Waals surface area (Å²) in [6, 6.07) is 3.16. The molecule has 88 valence electrons. The molecule has 0 radical (unpaired) electrons. The maximum absolute atomic E-state index is 11.8. The predicted octanol–water partition coefficient (Wildman–Crippen LogP) is 0.833. The topological polar surface area (TPSA) is 90.0 Å². The third-order valence-corrected chi connectivity index (χ3v) is 2.93. The molecule has 0 saturated heterocycles. The minimum atomic E-state index is -0.567. The molecule has 3 N–H and O–H groups in total. The molecule has 2 heterocycles. The number of anilines is 1. The van der Waals surface area contributed by atoms with Crippen LogP contribution in [0.4, 0.5) is 5.00 Å². The fourth-order valence-corrected chi connectivity index (χ4v) is 2.09. The number of amides is 2. The van der Waals surface area contributed by atoms with E-state index in [0.29, 0.717) is 10.6 Å². The lowest BCUT2D eigenvalue weighted by Gasteiger charge is -2.01. The van der Waals surface area contributed by atoms with Crippen LogP contribution < -0.4 is 11.1 Å². The van der Waals surface area contributed by atoms with Gasteiger partial charge in [0.25, 0.3) is 11.8 Å². The molecular weight excluding hydrogens is 240 g/mol. The Bertz CT molecular complexity index is 572. The van der Waals surface area contributed by atoms with Crippen LogP contribution in [0.15, 0.2) is 23.7 Å². The molecule has 2 rings (SSSR count). The van der Waals surface area contributed by atoms with Gasteiger partial charge in [0.1, 0.15) is 5.00 Å². The molecule has 6 nitrogen and oxygen atoms in total. The molecule has 2 aromatic heterocycles. The maximum Gasteiger partial charge on any atom is 0.276 e. The molecule has 7 heteroatoms. The van der Waals surface area contributed by atoms with Crippen molar-refractivity contribution < 1.29 is 9.59 Å². The van der Waals surface area contributed by atoms with Gasteiger partial charge in [0.15, 0.2) is 5.69 Å². The summed E-state index contributed by atoms with van der Waals surface area (Å²) in [5.74, 6) is -0.932. The van der Waals surface area contributed by atoms with Crippen LogP contribution in [0.1, 0.15) is 20.8 Å². The van der Waals surface area contributed by atoms with Crippen LogP contribution in [0.5, 0.6) is 0 Å². The summed E-state index contributed by atoms with van der Waals surface area (Å²) >= 11 is 1.24. The number of rotatable bonds is 3. The molecule has 0 aliphatic heterocycles. The van der Waals surface area contributed by atoms with E-state index >= 15 is 0 Å². The van der Waals surface area contributed by atoms with Crippen LogP contribution in [0, 0.1) is 0 Å². The third kappa shape index (κ3) is 2.34. The Hall–Kier alpha value is -2.15. The monoisotopic (exact) mass is 250 g/mol. The van der Waals surface area contributed by atoms with Crippen LogP contribution in [0.25, 0.3) is 0 Å². The quantitative estimate of drug-likeness (QED) is 0.845. The van der Waals surface area contributed by atoms with Crippen molar-refractivity contribution in [3.63, 3.8) is 0 Å². The highest BCUT2D eigenvalue weighted by molar-refractivity contribution is 7.14. The Kier molecular flexibility index (Phi) is 2.92. The summed E-state index contributed by atoms with van der Waals surface area (Å²) in [4.78, 5) is 22.8. The number of carbonyl (C=O) groups is 2. The van der Waals surface area contributed by atoms with Crippen LogP contribution in [0.3, 0.4) is 0 Å². The number of aryl methyl sites for hydroxylation is 1. The SMILES string of the molecule is Cn1ccc(C(=O)Nc2sccc2C(N)=O)n1. The highest BCUT2D eigenvalue weighted by Gasteiger charge is 2.14. The first-order valence-electron chi connectivity index (χ1n) is 4.76. The van der Waals surface area contributed by atoms with E-state index in [4.69, 9.17) is 5.73 Å². The number of nitrogens with one attached hydrogen (secondary N) is 1. The third-order valence-electron chi connectivity index (χ3n) is 2.10. The van der Waals surface area contributed by atoms with E-state index in [1.807, 2.05) is 0 Å². The summed E-state index contributed by atoms with van der Waals surface area (Å²) in [6.07, 6.45) is 1.67. The Balaban J connectivity index is 2.18. The average molecular weight is 250 g/mol. The molecule has 0 unspecified atom stereocenters. The van der Waals surface area contributed by atoms with Crippen molar-refractivity contribution in [2.24, 2.45) is 12.8 Å². The molecule has 0 bridgehead atoms. The highest BCUT2D eigenvalue weighted by Crippen LogP contribution is 2.23. The van der Waals surface area contributed by atoms with Crippen LogP contribution in [0.2, 0.25) is 0 Å². The fraction of sp³-hybridized carbons (Fsp3) is 0.100. The van der Waals surface area contributed by atoms with Gasteiger partial charge in [-0.05, 0) is 17.5 Å². The van der Waals surface area contributed by atoms with Crippen molar-refractivity contribution in [3.05, 3.63) is 35.0 Å². The van der Waals surface area contributed by atoms with Gasteiger partial charge in [-0.25, -0.2) is 0 Å². The van der Waals surface area contributed by atoms with Crippen molar-refractivity contribution >= 4 is 28.2 Å². The zero-order valence-electron chi connectivity index (χ0n) is 9.01. The number of primary amides is 1. The van der Waals surface area contributed by atoms with Crippen molar-refractivity contribution in [1.29, 1.82) is 0 Å². The Morgan fingerprint density at radius 1 is 1.47 bits per heavy atom. The number of hydrogen-bond acceptors (Lipinski definition) is 4. The molecule has 2 amide bonds. The summed E-state index contributed by atoms with van der Waals surface area (Å²) < 4.78 is 1.53. The smallest absolute Gasteiger partial charge is 0.276 e. The number of carbonyl (C=O) groups excluding carboxylic acids is 2. The minimum Gasteiger partial charge on any atom is -0.366 e. The van der Waals surface area contributed by atoms with Gasteiger partial charge in [-0.3, -0.25) is 14.3 Å². The molecule has 0 fully saturated rings. The lowest BCUT2D eigenvalue weighted by Crippen LogP contribution is -2.17. The molecule has 0 aliphatic rings. The van der Waals surface area contributed by atoms with Gasteiger partial charge in [0.05, 0.1) is 5.56 Å². The Labute approximate surface area is 101 Å². The maximum atomic E-state index is 11.8. The number of nitrogens with two attached hydrogens (primary N) is 1. The van der Waals surface area contributed by atoms with Gasteiger partial charge in [0.2, 0.25) is 0 Å². The predicted molar refractivity (Wildman–Crippen MR) is 64.0 cm³/mol. The average Bonchev–Trinajstić information content (AvgIpc) is 2.86. The van der Waals surface area contributed by atoms with E-state index in [2.05, 4.69) is 10.4 Å². The summed E-state index contributed by atoms with van der Waals surface area (Å²) in [5, 5.41) is 8.69.